The van der Waals surface area contributed by atoms with E-state index in [0.717, 1.165) is 25.9 Å². The van der Waals surface area contributed by atoms with Gasteiger partial charge in [-0.05, 0) is 20.3 Å². The number of hydrogen-bond acceptors (Lipinski definition) is 2. The molecule has 1 amide bonds. The second-order valence-electron chi connectivity index (χ2n) is 2.95. The number of hydrogen-bond donors (Lipinski definition) is 1. The van der Waals surface area contributed by atoms with E-state index in [4.69, 9.17) is 0 Å². The van der Waals surface area contributed by atoms with Gasteiger partial charge in [0.1, 0.15) is 0 Å². The van der Waals surface area contributed by atoms with Crippen molar-refractivity contribution in [3.8, 4) is 0 Å². The zero-order valence-corrected chi connectivity index (χ0v) is 9.10. The lowest BCUT2D eigenvalue weighted by Gasteiger charge is -2.22. The second-order valence-corrected chi connectivity index (χ2v) is 3.72. The van der Waals surface area contributed by atoms with Crippen LogP contribution in [0.4, 0.5) is 0 Å². The Labute approximate surface area is 80.7 Å². The molecule has 0 saturated carbocycles. The van der Waals surface area contributed by atoms with Crippen LogP contribution in [0.3, 0.4) is 0 Å². The largest absolute Gasteiger partial charge is 0.342 e. The van der Waals surface area contributed by atoms with Crippen molar-refractivity contribution in [3.05, 3.63) is 0 Å². The lowest BCUT2D eigenvalue weighted by molar-refractivity contribution is -0.130. The number of amides is 1. The molecule has 1 unspecified atom stereocenters. The SMILES string of the molecule is CCCCN(CC)C(=O)C(C)S. The van der Waals surface area contributed by atoms with Gasteiger partial charge in [-0.15, -0.1) is 0 Å². The molecular weight excluding hydrogens is 170 g/mol. The zero-order valence-electron chi connectivity index (χ0n) is 8.21. The maximum atomic E-state index is 11.4. The standard InChI is InChI=1S/C9H19NOS/c1-4-6-7-10(5-2)9(11)8(3)12/h8,12H,4-7H2,1-3H3. The lowest BCUT2D eigenvalue weighted by atomic mass is 10.3. The molecule has 0 aliphatic rings. The summed E-state index contributed by atoms with van der Waals surface area (Å²) in [5.41, 5.74) is 0. The summed E-state index contributed by atoms with van der Waals surface area (Å²) < 4.78 is 0. The number of carbonyl (C=O) groups is 1. The van der Waals surface area contributed by atoms with Gasteiger partial charge in [-0.2, -0.15) is 12.6 Å². The number of carbonyl (C=O) groups excluding carboxylic acids is 1. The van der Waals surface area contributed by atoms with E-state index in [0.29, 0.717) is 0 Å². The molecule has 0 fully saturated rings. The topological polar surface area (TPSA) is 20.3 Å². The van der Waals surface area contributed by atoms with E-state index >= 15 is 0 Å². The maximum Gasteiger partial charge on any atom is 0.235 e. The van der Waals surface area contributed by atoms with E-state index in [1.165, 1.54) is 0 Å². The molecule has 0 aromatic heterocycles. The molecule has 72 valence electrons. The van der Waals surface area contributed by atoms with E-state index in [1.54, 1.807) is 0 Å². The van der Waals surface area contributed by atoms with Crippen LogP contribution < -0.4 is 0 Å². The lowest BCUT2D eigenvalue weighted by Crippen LogP contribution is -2.36. The Morgan fingerprint density at radius 3 is 2.42 bits per heavy atom. The Balaban J connectivity index is 3.88. The van der Waals surface area contributed by atoms with Crippen molar-refractivity contribution in [3.63, 3.8) is 0 Å². The van der Waals surface area contributed by atoms with Gasteiger partial charge in [0.2, 0.25) is 5.91 Å². The van der Waals surface area contributed by atoms with Gasteiger partial charge in [0.05, 0.1) is 5.25 Å². The minimum Gasteiger partial charge on any atom is -0.342 e. The Bertz CT molecular complexity index is 136. The van der Waals surface area contributed by atoms with E-state index in [1.807, 2.05) is 18.7 Å². The van der Waals surface area contributed by atoms with E-state index in [9.17, 15) is 4.79 Å². The molecule has 2 nitrogen and oxygen atoms in total. The van der Waals surface area contributed by atoms with Gasteiger partial charge >= 0.3 is 0 Å². The summed E-state index contributed by atoms with van der Waals surface area (Å²) in [6.07, 6.45) is 2.21. The number of nitrogens with zero attached hydrogens (tertiary/aromatic N) is 1. The highest BCUT2D eigenvalue weighted by atomic mass is 32.1. The summed E-state index contributed by atoms with van der Waals surface area (Å²) in [6.45, 7) is 7.62. The number of rotatable bonds is 5. The van der Waals surface area contributed by atoms with Crippen LogP contribution in [-0.4, -0.2) is 29.1 Å². The smallest absolute Gasteiger partial charge is 0.235 e. The summed E-state index contributed by atoms with van der Waals surface area (Å²) in [7, 11) is 0. The summed E-state index contributed by atoms with van der Waals surface area (Å²) in [6, 6.07) is 0. The molecule has 0 aromatic rings. The Morgan fingerprint density at radius 1 is 1.50 bits per heavy atom. The van der Waals surface area contributed by atoms with Crippen LogP contribution in [0.5, 0.6) is 0 Å². The molecule has 0 aliphatic heterocycles. The molecule has 0 heterocycles. The van der Waals surface area contributed by atoms with Gasteiger partial charge < -0.3 is 4.90 Å². The number of unbranched alkanes of at least 4 members (excludes halogenated alkanes) is 1. The second kappa shape index (κ2) is 6.35. The van der Waals surface area contributed by atoms with Crippen molar-refractivity contribution in [2.24, 2.45) is 0 Å². The average molecular weight is 189 g/mol. The first-order valence-corrected chi connectivity index (χ1v) is 5.12. The van der Waals surface area contributed by atoms with Gasteiger partial charge in [0, 0.05) is 13.1 Å². The minimum absolute atomic E-state index is 0.147. The molecule has 12 heavy (non-hydrogen) atoms. The molecular formula is C9H19NOS. The highest BCUT2D eigenvalue weighted by Gasteiger charge is 2.14. The first-order chi connectivity index (χ1) is 5.63. The summed E-state index contributed by atoms with van der Waals surface area (Å²) in [4.78, 5) is 13.3. The van der Waals surface area contributed by atoms with Crippen molar-refractivity contribution >= 4 is 18.5 Å². The molecule has 0 rings (SSSR count). The first-order valence-electron chi connectivity index (χ1n) is 4.60. The van der Waals surface area contributed by atoms with E-state index < -0.39 is 0 Å². The molecule has 0 aliphatic carbocycles. The minimum atomic E-state index is -0.165. The maximum absolute atomic E-state index is 11.4. The van der Waals surface area contributed by atoms with Gasteiger partial charge in [-0.1, -0.05) is 13.3 Å². The van der Waals surface area contributed by atoms with Crippen molar-refractivity contribution in [2.75, 3.05) is 13.1 Å². The van der Waals surface area contributed by atoms with Gasteiger partial charge in [-0.3, -0.25) is 4.79 Å². The fourth-order valence-corrected chi connectivity index (χ4v) is 1.20. The predicted octanol–water partition coefficient (Wildman–Crippen LogP) is 1.95. The molecule has 0 aromatic carbocycles. The molecule has 0 radical (unpaired) electrons. The molecule has 0 spiro atoms. The molecule has 0 bridgehead atoms. The summed E-state index contributed by atoms with van der Waals surface area (Å²) in [5, 5.41) is -0.165. The average Bonchev–Trinajstić information content (AvgIpc) is 2.05. The van der Waals surface area contributed by atoms with E-state index in [-0.39, 0.29) is 11.2 Å². The predicted molar refractivity (Wildman–Crippen MR) is 55.6 cm³/mol. The van der Waals surface area contributed by atoms with Crippen LogP contribution in [0.1, 0.15) is 33.6 Å². The van der Waals surface area contributed by atoms with Crippen LogP contribution >= 0.6 is 12.6 Å². The Kier molecular flexibility index (Phi) is 6.25. The van der Waals surface area contributed by atoms with Gasteiger partial charge in [0.15, 0.2) is 0 Å². The Morgan fingerprint density at radius 2 is 2.08 bits per heavy atom. The fraction of sp³-hybridized carbons (Fsp3) is 0.889. The van der Waals surface area contributed by atoms with Crippen LogP contribution in [0, 0.1) is 0 Å². The third-order valence-corrected chi connectivity index (χ3v) is 2.05. The quantitative estimate of drug-likeness (QED) is 0.655. The third kappa shape index (κ3) is 4.00. The summed E-state index contributed by atoms with van der Waals surface area (Å²) in [5.74, 6) is 0.147. The molecule has 0 N–H and O–H groups in total. The van der Waals surface area contributed by atoms with Gasteiger partial charge in [-0.25, -0.2) is 0 Å². The monoisotopic (exact) mass is 189 g/mol. The van der Waals surface area contributed by atoms with Crippen LogP contribution in [-0.2, 0) is 4.79 Å². The zero-order chi connectivity index (χ0) is 9.56. The molecule has 0 saturated heterocycles. The van der Waals surface area contributed by atoms with E-state index in [2.05, 4.69) is 19.6 Å². The molecule has 1 atom stereocenters. The highest BCUT2D eigenvalue weighted by Crippen LogP contribution is 2.02. The number of thiol groups is 1. The molecule has 3 heteroatoms. The van der Waals surface area contributed by atoms with Crippen LogP contribution in [0.2, 0.25) is 0 Å². The van der Waals surface area contributed by atoms with Crippen molar-refractivity contribution in [1.82, 2.24) is 4.90 Å². The van der Waals surface area contributed by atoms with Crippen molar-refractivity contribution in [1.29, 1.82) is 0 Å². The van der Waals surface area contributed by atoms with Crippen LogP contribution in [0.25, 0.3) is 0 Å². The summed E-state index contributed by atoms with van der Waals surface area (Å²) >= 11 is 4.12. The Hall–Kier alpha value is -0.180. The van der Waals surface area contributed by atoms with Crippen LogP contribution in [0.15, 0.2) is 0 Å². The fourth-order valence-electron chi connectivity index (χ4n) is 1.04. The third-order valence-electron chi connectivity index (χ3n) is 1.83. The van der Waals surface area contributed by atoms with Crippen molar-refractivity contribution < 1.29 is 4.79 Å². The first kappa shape index (κ1) is 11.8. The van der Waals surface area contributed by atoms with Crippen molar-refractivity contribution in [2.45, 2.75) is 38.9 Å². The van der Waals surface area contributed by atoms with Gasteiger partial charge in [0.25, 0.3) is 0 Å². The highest BCUT2D eigenvalue weighted by molar-refractivity contribution is 7.81. The normalized spacial score (nSPS) is 12.7.